The van der Waals surface area contributed by atoms with Crippen molar-refractivity contribution in [2.24, 2.45) is 5.84 Å². The van der Waals surface area contributed by atoms with Crippen LogP contribution in [0.5, 0.6) is 0 Å². The van der Waals surface area contributed by atoms with Crippen LogP contribution in [-0.2, 0) is 11.3 Å². The van der Waals surface area contributed by atoms with E-state index in [1.165, 1.54) is 0 Å². The summed E-state index contributed by atoms with van der Waals surface area (Å²) in [6.45, 7) is 9.20. The summed E-state index contributed by atoms with van der Waals surface area (Å²) in [4.78, 5) is 13.8. The van der Waals surface area contributed by atoms with Gasteiger partial charge in [0.1, 0.15) is 5.76 Å². The molecule has 0 aliphatic carbocycles. The molecule has 6 heteroatoms. The molecule has 6 nitrogen and oxygen atoms in total. The molecule has 2 heterocycles. The number of nitrogens with two attached hydrogens (primary N) is 1. The number of furan rings is 1. The molecule has 1 fully saturated rings. The van der Waals surface area contributed by atoms with Crippen LogP contribution in [0.2, 0.25) is 0 Å². The first-order chi connectivity index (χ1) is 8.94. The van der Waals surface area contributed by atoms with Crippen molar-refractivity contribution >= 4 is 5.91 Å². The second kappa shape index (κ2) is 5.32. The van der Waals surface area contributed by atoms with Gasteiger partial charge < -0.3 is 9.15 Å². The summed E-state index contributed by atoms with van der Waals surface area (Å²) in [5.41, 5.74) is 3.07. The van der Waals surface area contributed by atoms with Gasteiger partial charge in [-0.25, -0.2) is 5.84 Å². The Morgan fingerprint density at radius 3 is 2.95 bits per heavy atom. The van der Waals surface area contributed by atoms with Gasteiger partial charge in [-0.2, -0.15) is 0 Å². The molecule has 1 aliphatic heterocycles. The largest absolute Gasteiger partial charge is 0.456 e. The molecule has 0 aromatic carbocycles. The summed E-state index contributed by atoms with van der Waals surface area (Å²) < 4.78 is 10.9. The maximum absolute atomic E-state index is 11.4. The van der Waals surface area contributed by atoms with E-state index in [1.807, 2.05) is 6.92 Å². The van der Waals surface area contributed by atoms with Gasteiger partial charge in [-0.05, 0) is 26.8 Å². The molecule has 19 heavy (non-hydrogen) atoms. The Hall–Kier alpha value is -1.37. The van der Waals surface area contributed by atoms with Crippen LogP contribution in [0.4, 0.5) is 0 Å². The third-order valence-electron chi connectivity index (χ3n) is 3.55. The molecule has 0 spiro atoms. The topological polar surface area (TPSA) is 80.7 Å². The zero-order valence-corrected chi connectivity index (χ0v) is 11.7. The zero-order chi connectivity index (χ0) is 14.0. The van der Waals surface area contributed by atoms with E-state index in [0.29, 0.717) is 6.61 Å². The van der Waals surface area contributed by atoms with E-state index in [-0.39, 0.29) is 11.3 Å². The highest BCUT2D eigenvalue weighted by molar-refractivity contribution is 5.91. The average molecular weight is 267 g/mol. The number of nitrogen functional groups attached to an aromatic ring is 1. The Bertz CT molecular complexity index is 468. The highest BCUT2D eigenvalue weighted by atomic mass is 16.5. The van der Waals surface area contributed by atoms with Gasteiger partial charge in [0.15, 0.2) is 5.76 Å². The Balaban J connectivity index is 2.14. The molecule has 0 unspecified atom stereocenters. The van der Waals surface area contributed by atoms with Crippen LogP contribution in [0.1, 0.15) is 35.7 Å². The van der Waals surface area contributed by atoms with Crippen molar-refractivity contribution < 1.29 is 13.9 Å². The number of hydrogen-bond acceptors (Lipinski definition) is 5. The number of nitrogens with one attached hydrogen (secondary N) is 1. The normalized spacial score (nSPS) is 19.4. The number of carbonyl (C=O) groups excluding carboxylic acids is 1. The standard InChI is InChI=1S/C13H21N3O3/c1-9-10(6-11(19-9)12(17)15-14)7-16-4-5-18-8-13(16,2)3/h6H,4-5,7-8,14H2,1-3H3,(H,15,17). The molecule has 0 bridgehead atoms. The van der Waals surface area contributed by atoms with Crippen molar-refractivity contribution in [3.8, 4) is 0 Å². The van der Waals surface area contributed by atoms with Crippen LogP contribution in [0.15, 0.2) is 10.5 Å². The van der Waals surface area contributed by atoms with E-state index in [0.717, 1.165) is 31.0 Å². The predicted molar refractivity (Wildman–Crippen MR) is 70.4 cm³/mol. The second-order valence-corrected chi connectivity index (χ2v) is 5.45. The summed E-state index contributed by atoms with van der Waals surface area (Å²) in [5.74, 6) is 5.70. The molecule has 1 amide bonds. The summed E-state index contributed by atoms with van der Waals surface area (Å²) in [6.07, 6.45) is 0. The van der Waals surface area contributed by atoms with E-state index in [4.69, 9.17) is 15.0 Å². The number of ether oxygens (including phenoxy) is 1. The van der Waals surface area contributed by atoms with Crippen molar-refractivity contribution in [2.45, 2.75) is 32.9 Å². The molecule has 1 aliphatic rings. The third-order valence-corrected chi connectivity index (χ3v) is 3.55. The molecule has 1 saturated heterocycles. The molecule has 2 rings (SSSR count). The number of aryl methyl sites for hydroxylation is 1. The van der Waals surface area contributed by atoms with Gasteiger partial charge in [0.05, 0.1) is 13.2 Å². The SMILES string of the molecule is Cc1oc(C(=O)NN)cc1CN1CCOCC1(C)C. The summed E-state index contributed by atoms with van der Waals surface area (Å²) >= 11 is 0. The Morgan fingerprint density at radius 1 is 1.58 bits per heavy atom. The Kier molecular flexibility index (Phi) is 3.93. The monoisotopic (exact) mass is 267 g/mol. The summed E-state index contributed by atoms with van der Waals surface area (Å²) in [7, 11) is 0. The van der Waals surface area contributed by atoms with Crippen molar-refractivity contribution in [1.82, 2.24) is 10.3 Å². The Labute approximate surface area is 112 Å². The van der Waals surface area contributed by atoms with Crippen LogP contribution in [-0.4, -0.2) is 36.1 Å². The van der Waals surface area contributed by atoms with E-state index >= 15 is 0 Å². The molecule has 1 aromatic rings. The molecular formula is C13H21N3O3. The van der Waals surface area contributed by atoms with E-state index in [1.54, 1.807) is 6.07 Å². The first-order valence-electron chi connectivity index (χ1n) is 6.37. The number of hydrazine groups is 1. The van der Waals surface area contributed by atoms with Crippen LogP contribution in [0, 0.1) is 6.92 Å². The van der Waals surface area contributed by atoms with Crippen LogP contribution >= 0.6 is 0 Å². The van der Waals surface area contributed by atoms with Gasteiger partial charge in [0, 0.05) is 24.2 Å². The lowest BCUT2D eigenvalue weighted by Crippen LogP contribution is -2.52. The van der Waals surface area contributed by atoms with Gasteiger partial charge in [-0.1, -0.05) is 0 Å². The number of hydrogen-bond donors (Lipinski definition) is 2. The van der Waals surface area contributed by atoms with Gasteiger partial charge >= 0.3 is 5.91 Å². The summed E-state index contributed by atoms with van der Waals surface area (Å²) in [5, 5.41) is 0. The molecule has 0 radical (unpaired) electrons. The van der Waals surface area contributed by atoms with Crippen LogP contribution in [0.25, 0.3) is 0 Å². The van der Waals surface area contributed by atoms with Crippen molar-refractivity contribution in [3.63, 3.8) is 0 Å². The van der Waals surface area contributed by atoms with Crippen LogP contribution in [0.3, 0.4) is 0 Å². The number of nitrogens with zero attached hydrogens (tertiary/aromatic N) is 1. The molecule has 0 atom stereocenters. The van der Waals surface area contributed by atoms with Crippen molar-refractivity contribution in [2.75, 3.05) is 19.8 Å². The van der Waals surface area contributed by atoms with Gasteiger partial charge in [-0.15, -0.1) is 0 Å². The minimum Gasteiger partial charge on any atom is -0.456 e. The number of morpholine rings is 1. The first kappa shape index (κ1) is 14.0. The molecular weight excluding hydrogens is 246 g/mol. The lowest BCUT2D eigenvalue weighted by Gasteiger charge is -2.42. The Morgan fingerprint density at radius 2 is 2.32 bits per heavy atom. The minimum absolute atomic E-state index is 0.0156. The zero-order valence-electron chi connectivity index (χ0n) is 11.7. The lowest BCUT2D eigenvalue weighted by atomic mass is 10.0. The summed E-state index contributed by atoms with van der Waals surface area (Å²) in [6, 6.07) is 1.75. The smallest absolute Gasteiger partial charge is 0.300 e. The highest BCUT2D eigenvalue weighted by Gasteiger charge is 2.31. The third kappa shape index (κ3) is 2.97. The first-order valence-corrected chi connectivity index (χ1v) is 6.37. The maximum atomic E-state index is 11.4. The van der Waals surface area contributed by atoms with Gasteiger partial charge in [0.25, 0.3) is 0 Å². The molecule has 1 aromatic heterocycles. The fraction of sp³-hybridized carbons (Fsp3) is 0.615. The number of carbonyl (C=O) groups is 1. The van der Waals surface area contributed by atoms with Gasteiger partial charge in [0.2, 0.25) is 0 Å². The fourth-order valence-electron chi connectivity index (χ4n) is 2.25. The van der Waals surface area contributed by atoms with Crippen molar-refractivity contribution in [1.29, 1.82) is 0 Å². The van der Waals surface area contributed by atoms with Crippen molar-refractivity contribution in [3.05, 3.63) is 23.2 Å². The van der Waals surface area contributed by atoms with Gasteiger partial charge in [-0.3, -0.25) is 15.1 Å². The van der Waals surface area contributed by atoms with E-state index in [2.05, 4.69) is 24.2 Å². The molecule has 3 N–H and O–H groups in total. The molecule has 0 saturated carbocycles. The number of amides is 1. The molecule has 106 valence electrons. The minimum atomic E-state index is -0.407. The predicted octanol–water partition coefficient (Wildman–Crippen LogP) is 0.802. The maximum Gasteiger partial charge on any atom is 0.300 e. The van der Waals surface area contributed by atoms with Crippen LogP contribution < -0.4 is 11.3 Å². The quantitative estimate of drug-likeness (QED) is 0.481. The lowest BCUT2D eigenvalue weighted by molar-refractivity contribution is -0.0554. The van der Waals surface area contributed by atoms with E-state index < -0.39 is 5.91 Å². The fourth-order valence-corrected chi connectivity index (χ4v) is 2.25. The number of rotatable bonds is 3. The van der Waals surface area contributed by atoms with E-state index in [9.17, 15) is 4.79 Å². The average Bonchev–Trinajstić information content (AvgIpc) is 2.72. The highest BCUT2D eigenvalue weighted by Crippen LogP contribution is 2.24. The second-order valence-electron chi connectivity index (χ2n) is 5.45.